The van der Waals surface area contributed by atoms with Gasteiger partial charge in [0.2, 0.25) is 0 Å². The first-order chi connectivity index (χ1) is 9.04. The number of aliphatic hydroxyl groups is 1. The van der Waals surface area contributed by atoms with Crippen molar-refractivity contribution < 1.29 is 9.90 Å². The van der Waals surface area contributed by atoms with Gasteiger partial charge in [0.15, 0.2) is 0 Å². The van der Waals surface area contributed by atoms with Crippen molar-refractivity contribution in [3.05, 3.63) is 23.2 Å². The fourth-order valence-electron chi connectivity index (χ4n) is 2.39. The van der Waals surface area contributed by atoms with Gasteiger partial charge in [-0.3, -0.25) is 9.78 Å². The van der Waals surface area contributed by atoms with Crippen molar-refractivity contribution in [2.45, 2.75) is 38.1 Å². The fourth-order valence-corrected chi connectivity index (χ4v) is 2.54. The number of carbonyl (C=O) groups excluding carboxylic acids is 1. The van der Waals surface area contributed by atoms with Gasteiger partial charge < -0.3 is 10.4 Å². The van der Waals surface area contributed by atoms with E-state index in [1.54, 1.807) is 0 Å². The number of aliphatic hydroxyl groups excluding tert-OH is 1. The van der Waals surface area contributed by atoms with Gasteiger partial charge in [0.05, 0.1) is 24.5 Å². The lowest BCUT2D eigenvalue weighted by molar-refractivity contribution is 0.0712. The molecular weight excluding hydrogens is 266 g/mol. The van der Waals surface area contributed by atoms with Crippen molar-refractivity contribution in [1.82, 2.24) is 15.3 Å². The Morgan fingerprint density at radius 2 is 2.21 bits per heavy atom. The summed E-state index contributed by atoms with van der Waals surface area (Å²) in [5, 5.41) is 12.7. The molecule has 2 rings (SSSR count). The molecule has 2 N–H and O–H groups in total. The van der Waals surface area contributed by atoms with Crippen molar-refractivity contribution in [3.63, 3.8) is 0 Å². The molecule has 1 aromatic rings. The summed E-state index contributed by atoms with van der Waals surface area (Å²) in [5.41, 5.74) is -0.355. The molecule has 0 spiro atoms. The van der Waals surface area contributed by atoms with E-state index in [4.69, 9.17) is 11.6 Å². The first kappa shape index (κ1) is 14.2. The molecule has 0 unspecified atom stereocenters. The second kappa shape index (κ2) is 5.84. The van der Waals surface area contributed by atoms with Crippen molar-refractivity contribution in [3.8, 4) is 0 Å². The van der Waals surface area contributed by atoms with Crippen LogP contribution in [0.4, 0.5) is 0 Å². The van der Waals surface area contributed by atoms with E-state index in [-0.39, 0.29) is 23.4 Å². The van der Waals surface area contributed by atoms with Gasteiger partial charge in [-0.25, -0.2) is 4.98 Å². The predicted molar refractivity (Wildman–Crippen MR) is 72.0 cm³/mol. The number of nitrogens with zero attached hydrogens (tertiary/aromatic N) is 2. The molecule has 1 aliphatic carbocycles. The summed E-state index contributed by atoms with van der Waals surface area (Å²) < 4.78 is 0. The molecular formula is C13H18ClN3O2. The second-order valence-corrected chi connectivity index (χ2v) is 5.69. The highest BCUT2D eigenvalue weighted by molar-refractivity contribution is 6.29. The second-order valence-electron chi connectivity index (χ2n) is 5.30. The average Bonchev–Trinajstić information content (AvgIpc) is 2.42. The summed E-state index contributed by atoms with van der Waals surface area (Å²) in [5.74, 6) is 0.307. The van der Waals surface area contributed by atoms with E-state index in [2.05, 4.69) is 22.2 Å². The fraction of sp³-hybridized carbons (Fsp3) is 0.615. The number of halogens is 1. The van der Waals surface area contributed by atoms with Crippen LogP contribution in [0.15, 0.2) is 12.4 Å². The SMILES string of the molecule is CC1CCC(CO)(NC(=O)c2cncc(Cl)n2)CC1. The monoisotopic (exact) mass is 283 g/mol. The zero-order chi connectivity index (χ0) is 13.9. The number of hydrogen-bond donors (Lipinski definition) is 2. The summed E-state index contributed by atoms with van der Waals surface area (Å²) in [6, 6.07) is 0. The van der Waals surface area contributed by atoms with Crippen LogP contribution in [0.3, 0.4) is 0 Å². The van der Waals surface area contributed by atoms with E-state index in [0.29, 0.717) is 5.92 Å². The molecule has 6 heteroatoms. The molecule has 0 aliphatic heterocycles. The summed E-state index contributed by atoms with van der Waals surface area (Å²) in [4.78, 5) is 19.9. The van der Waals surface area contributed by atoms with Gasteiger partial charge in [-0.15, -0.1) is 0 Å². The van der Waals surface area contributed by atoms with E-state index in [1.807, 2.05) is 0 Å². The smallest absolute Gasteiger partial charge is 0.272 e. The quantitative estimate of drug-likeness (QED) is 0.887. The predicted octanol–water partition coefficient (Wildman–Crippen LogP) is 1.80. The van der Waals surface area contributed by atoms with Crippen LogP contribution in [0.25, 0.3) is 0 Å². The number of rotatable bonds is 3. The summed E-state index contributed by atoms with van der Waals surface area (Å²) in [6.07, 6.45) is 6.32. The standard InChI is InChI=1S/C13H18ClN3O2/c1-9-2-4-13(8-18,5-3-9)17-12(19)10-6-15-7-11(14)16-10/h6-7,9,18H,2-5,8H2,1H3,(H,17,19). The average molecular weight is 284 g/mol. The summed E-state index contributed by atoms with van der Waals surface area (Å²) >= 11 is 5.72. The van der Waals surface area contributed by atoms with Crippen molar-refractivity contribution >= 4 is 17.5 Å². The minimum Gasteiger partial charge on any atom is -0.394 e. The van der Waals surface area contributed by atoms with E-state index in [1.165, 1.54) is 12.4 Å². The normalized spacial score (nSPS) is 27.0. The molecule has 0 radical (unpaired) electrons. The molecule has 19 heavy (non-hydrogen) atoms. The molecule has 1 fully saturated rings. The van der Waals surface area contributed by atoms with Crippen LogP contribution in [0.1, 0.15) is 43.1 Å². The number of nitrogens with one attached hydrogen (secondary N) is 1. The molecule has 1 saturated carbocycles. The van der Waals surface area contributed by atoms with Gasteiger partial charge in [-0.1, -0.05) is 18.5 Å². The molecule has 0 atom stereocenters. The molecule has 1 heterocycles. The van der Waals surface area contributed by atoms with Gasteiger partial charge in [-0.05, 0) is 31.6 Å². The number of hydrogen-bond acceptors (Lipinski definition) is 4. The Kier molecular flexibility index (Phi) is 4.37. The van der Waals surface area contributed by atoms with Crippen LogP contribution >= 0.6 is 11.6 Å². The minimum atomic E-state index is -0.534. The van der Waals surface area contributed by atoms with Gasteiger partial charge in [0.25, 0.3) is 5.91 Å². The van der Waals surface area contributed by atoms with Crippen LogP contribution in [-0.2, 0) is 0 Å². The van der Waals surface area contributed by atoms with E-state index in [9.17, 15) is 9.90 Å². The van der Waals surface area contributed by atoms with Crippen LogP contribution in [-0.4, -0.2) is 33.1 Å². The molecule has 0 aromatic carbocycles. The topological polar surface area (TPSA) is 75.1 Å². The molecule has 104 valence electrons. The molecule has 5 nitrogen and oxygen atoms in total. The number of amides is 1. The molecule has 1 aliphatic rings. The van der Waals surface area contributed by atoms with Crippen molar-refractivity contribution in [2.75, 3.05) is 6.61 Å². The van der Waals surface area contributed by atoms with E-state index < -0.39 is 5.54 Å². The number of aromatic nitrogens is 2. The summed E-state index contributed by atoms with van der Waals surface area (Å²) in [7, 11) is 0. The lowest BCUT2D eigenvalue weighted by Gasteiger charge is -2.38. The first-order valence-electron chi connectivity index (χ1n) is 6.45. The largest absolute Gasteiger partial charge is 0.394 e. The Balaban J connectivity index is 2.08. The first-order valence-corrected chi connectivity index (χ1v) is 6.83. The lowest BCUT2D eigenvalue weighted by Crippen LogP contribution is -2.53. The van der Waals surface area contributed by atoms with Crippen LogP contribution in [0.2, 0.25) is 5.15 Å². The zero-order valence-corrected chi connectivity index (χ0v) is 11.7. The Morgan fingerprint density at radius 3 is 2.79 bits per heavy atom. The Morgan fingerprint density at radius 1 is 1.53 bits per heavy atom. The summed E-state index contributed by atoms with van der Waals surface area (Å²) in [6.45, 7) is 2.13. The van der Waals surface area contributed by atoms with Gasteiger partial charge in [-0.2, -0.15) is 0 Å². The van der Waals surface area contributed by atoms with Crippen molar-refractivity contribution in [1.29, 1.82) is 0 Å². The van der Waals surface area contributed by atoms with Crippen LogP contribution in [0, 0.1) is 5.92 Å². The third-order valence-electron chi connectivity index (χ3n) is 3.75. The van der Waals surface area contributed by atoms with Gasteiger partial charge in [0, 0.05) is 0 Å². The zero-order valence-electron chi connectivity index (χ0n) is 10.9. The van der Waals surface area contributed by atoms with E-state index >= 15 is 0 Å². The molecule has 1 aromatic heterocycles. The molecule has 0 saturated heterocycles. The van der Waals surface area contributed by atoms with Gasteiger partial charge in [0.1, 0.15) is 10.8 Å². The Bertz CT molecular complexity index is 459. The van der Waals surface area contributed by atoms with Gasteiger partial charge >= 0.3 is 0 Å². The highest BCUT2D eigenvalue weighted by atomic mass is 35.5. The lowest BCUT2D eigenvalue weighted by atomic mass is 9.77. The maximum Gasteiger partial charge on any atom is 0.272 e. The third kappa shape index (κ3) is 3.42. The van der Waals surface area contributed by atoms with Crippen molar-refractivity contribution in [2.24, 2.45) is 5.92 Å². The maximum atomic E-state index is 12.1. The van der Waals surface area contributed by atoms with Crippen LogP contribution in [0.5, 0.6) is 0 Å². The third-order valence-corrected chi connectivity index (χ3v) is 3.93. The Hall–Kier alpha value is -1.20. The molecule has 1 amide bonds. The van der Waals surface area contributed by atoms with Crippen LogP contribution < -0.4 is 5.32 Å². The minimum absolute atomic E-state index is 0.0561. The molecule has 0 bridgehead atoms. The van der Waals surface area contributed by atoms with E-state index in [0.717, 1.165) is 25.7 Å². The highest BCUT2D eigenvalue weighted by Gasteiger charge is 2.35. The Labute approximate surface area is 117 Å². The highest BCUT2D eigenvalue weighted by Crippen LogP contribution is 2.31. The number of carbonyl (C=O) groups is 1. The maximum absolute atomic E-state index is 12.1.